The van der Waals surface area contributed by atoms with Crippen LogP contribution in [0, 0.1) is 13.8 Å². The van der Waals surface area contributed by atoms with E-state index in [4.69, 9.17) is 5.11 Å². The van der Waals surface area contributed by atoms with Crippen molar-refractivity contribution in [1.82, 2.24) is 0 Å². The van der Waals surface area contributed by atoms with Crippen molar-refractivity contribution >= 4 is 28.4 Å². The Balaban J connectivity index is 2.06. The highest BCUT2D eigenvalue weighted by Gasteiger charge is 2.21. The van der Waals surface area contributed by atoms with Crippen molar-refractivity contribution in [2.45, 2.75) is 31.8 Å². The Bertz CT molecular complexity index is 832. The molecule has 0 heterocycles. The van der Waals surface area contributed by atoms with Crippen LogP contribution < -0.4 is 5.32 Å². The normalized spacial score (nSPS) is 13.1. The number of aromatic carboxylic acids is 1. The van der Waals surface area contributed by atoms with E-state index in [9.17, 15) is 13.8 Å². The predicted octanol–water partition coefficient (Wildman–Crippen LogP) is 3.28. The third kappa shape index (κ3) is 5.00. The molecule has 0 aliphatic carbocycles. The van der Waals surface area contributed by atoms with Gasteiger partial charge < -0.3 is 10.4 Å². The molecule has 2 atom stereocenters. The van der Waals surface area contributed by atoms with Gasteiger partial charge in [-0.15, -0.1) is 0 Å². The number of benzene rings is 2. The van der Waals surface area contributed by atoms with Crippen molar-refractivity contribution in [1.29, 1.82) is 0 Å². The number of carbonyl (C=O) groups excluding carboxylic acids is 1. The average molecular weight is 359 g/mol. The highest BCUT2D eigenvalue weighted by molar-refractivity contribution is 7.85. The highest BCUT2D eigenvalue weighted by atomic mass is 32.2. The molecule has 25 heavy (non-hydrogen) atoms. The van der Waals surface area contributed by atoms with Gasteiger partial charge in [-0.25, -0.2) is 4.79 Å². The summed E-state index contributed by atoms with van der Waals surface area (Å²) < 4.78 is 12.5. The highest BCUT2D eigenvalue weighted by Crippen LogP contribution is 2.18. The number of rotatable bonds is 6. The lowest BCUT2D eigenvalue weighted by Gasteiger charge is -2.14. The Morgan fingerprint density at radius 1 is 1.16 bits per heavy atom. The number of carbonyl (C=O) groups is 2. The number of carboxylic acids is 1. The Morgan fingerprint density at radius 3 is 2.56 bits per heavy atom. The van der Waals surface area contributed by atoms with E-state index < -0.39 is 22.0 Å². The monoisotopic (exact) mass is 359 g/mol. The summed E-state index contributed by atoms with van der Waals surface area (Å²) in [7, 11) is -1.46. The van der Waals surface area contributed by atoms with Gasteiger partial charge in [0.15, 0.2) is 0 Å². The SMILES string of the molecule is Cc1ccc(C)c(NC(=O)C(C)S(=O)Cc2cccc(C(=O)O)c2)c1. The van der Waals surface area contributed by atoms with Gasteiger partial charge in [0.25, 0.3) is 0 Å². The molecule has 0 spiro atoms. The summed E-state index contributed by atoms with van der Waals surface area (Å²) in [5, 5.41) is 11.1. The van der Waals surface area contributed by atoms with Gasteiger partial charge in [0, 0.05) is 22.2 Å². The summed E-state index contributed by atoms with van der Waals surface area (Å²) in [6.45, 7) is 5.44. The zero-order chi connectivity index (χ0) is 18.6. The molecular formula is C19H21NO4S. The summed E-state index contributed by atoms with van der Waals surface area (Å²) in [4.78, 5) is 23.4. The fourth-order valence-electron chi connectivity index (χ4n) is 2.31. The molecule has 1 amide bonds. The van der Waals surface area contributed by atoms with Crippen molar-refractivity contribution in [2.24, 2.45) is 0 Å². The maximum Gasteiger partial charge on any atom is 0.335 e. The van der Waals surface area contributed by atoms with Gasteiger partial charge in [-0.05, 0) is 55.7 Å². The second-order valence-corrected chi connectivity index (χ2v) is 7.74. The number of nitrogens with one attached hydrogen (secondary N) is 1. The first-order valence-corrected chi connectivity index (χ1v) is 9.23. The van der Waals surface area contributed by atoms with Crippen LogP contribution in [0.15, 0.2) is 42.5 Å². The van der Waals surface area contributed by atoms with Crippen LogP contribution >= 0.6 is 0 Å². The van der Waals surface area contributed by atoms with Crippen molar-refractivity contribution in [2.75, 3.05) is 5.32 Å². The van der Waals surface area contributed by atoms with Gasteiger partial charge in [0.2, 0.25) is 5.91 Å². The maximum atomic E-state index is 12.5. The molecule has 0 fully saturated rings. The summed E-state index contributed by atoms with van der Waals surface area (Å²) in [6, 6.07) is 12.0. The zero-order valence-electron chi connectivity index (χ0n) is 14.4. The minimum absolute atomic E-state index is 0.127. The molecule has 5 nitrogen and oxygen atoms in total. The van der Waals surface area contributed by atoms with Gasteiger partial charge in [0.1, 0.15) is 5.25 Å². The molecule has 0 radical (unpaired) electrons. The topological polar surface area (TPSA) is 83.5 Å². The molecule has 132 valence electrons. The lowest BCUT2D eigenvalue weighted by molar-refractivity contribution is -0.115. The van der Waals surface area contributed by atoms with Gasteiger partial charge in [-0.2, -0.15) is 0 Å². The van der Waals surface area contributed by atoms with Gasteiger partial charge in [-0.3, -0.25) is 9.00 Å². The molecule has 2 rings (SSSR count). The van der Waals surface area contributed by atoms with E-state index in [1.165, 1.54) is 12.1 Å². The minimum atomic E-state index is -1.46. The van der Waals surface area contributed by atoms with Crippen LogP contribution in [0.4, 0.5) is 5.69 Å². The van der Waals surface area contributed by atoms with E-state index >= 15 is 0 Å². The fraction of sp³-hybridized carbons (Fsp3) is 0.263. The van der Waals surface area contributed by atoms with E-state index in [0.717, 1.165) is 11.1 Å². The first kappa shape index (κ1) is 18.9. The Hall–Kier alpha value is -2.47. The number of aryl methyl sites for hydroxylation is 2. The van der Waals surface area contributed by atoms with E-state index in [0.29, 0.717) is 11.3 Å². The minimum Gasteiger partial charge on any atom is -0.478 e. The number of hydrogen-bond donors (Lipinski definition) is 2. The molecule has 0 aromatic heterocycles. The number of anilines is 1. The molecule has 6 heteroatoms. The number of hydrogen-bond acceptors (Lipinski definition) is 3. The Morgan fingerprint density at radius 2 is 1.88 bits per heavy atom. The van der Waals surface area contributed by atoms with Crippen molar-refractivity contribution in [3.8, 4) is 0 Å². The maximum absolute atomic E-state index is 12.5. The molecule has 2 aromatic carbocycles. The zero-order valence-corrected chi connectivity index (χ0v) is 15.2. The molecule has 0 saturated carbocycles. The second-order valence-electron chi connectivity index (χ2n) is 5.98. The quantitative estimate of drug-likeness (QED) is 0.829. The molecule has 2 aromatic rings. The van der Waals surface area contributed by atoms with Crippen LogP contribution in [-0.4, -0.2) is 26.4 Å². The molecule has 2 N–H and O–H groups in total. The van der Waals surface area contributed by atoms with Crippen LogP contribution in [0.5, 0.6) is 0 Å². The van der Waals surface area contributed by atoms with Gasteiger partial charge in [0.05, 0.1) is 5.56 Å². The predicted molar refractivity (Wildman–Crippen MR) is 99.3 cm³/mol. The van der Waals surface area contributed by atoms with Crippen LogP contribution in [0.1, 0.15) is 34.0 Å². The summed E-state index contributed by atoms with van der Waals surface area (Å²) in [5.41, 5.74) is 3.44. The smallest absolute Gasteiger partial charge is 0.335 e. The first-order chi connectivity index (χ1) is 11.8. The second kappa shape index (κ2) is 8.07. The average Bonchev–Trinajstić information content (AvgIpc) is 2.57. The lowest BCUT2D eigenvalue weighted by Crippen LogP contribution is -2.30. The van der Waals surface area contributed by atoms with E-state index in [1.807, 2.05) is 32.0 Å². The van der Waals surface area contributed by atoms with E-state index in [1.54, 1.807) is 19.1 Å². The summed E-state index contributed by atoms with van der Waals surface area (Å²) in [5.74, 6) is -1.22. The van der Waals surface area contributed by atoms with Gasteiger partial charge in [-0.1, -0.05) is 24.3 Å². The van der Waals surface area contributed by atoms with Crippen LogP contribution in [-0.2, 0) is 21.3 Å². The van der Waals surface area contributed by atoms with E-state index in [2.05, 4.69) is 5.32 Å². The van der Waals surface area contributed by atoms with Crippen molar-refractivity contribution in [3.05, 3.63) is 64.7 Å². The fourth-order valence-corrected chi connectivity index (χ4v) is 3.36. The van der Waals surface area contributed by atoms with Crippen LogP contribution in [0.2, 0.25) is 0 Å². The summed E-state index contributed by atoms with van der Waals surface area (Å²) >= 11 is 0. The molecule has 0 saturated heterocycles. The molecule has 2 unspecified atom stereocenters. The summed E-state index contributed by atoms with van der Waals surface area (Å²) in [6.07, 6.45) is 0. The third-order valence-corrected chi connectivity index (χ3v) is 5.52. The third-order valence-electron chi connectivity index (χ3n) is 3.90. The Labute approximate surface area is 149 Å². The molecule has 0 aliphatic rings. The lowest BCUT2D eigenvalue weighted by atomic mass is 10.1. The van der Waals surface area contributed by atoms with Crippen molar-refractivity contribution < 1.29 is 18.9 Å². The standard InChI is InChI=1S/C19H21NO4S/c1-12-7-8-13(2)17(9-12)20-18(21)14(3)25(24)11-15-5-4-6-16(10-15)19(22)23/h4-10,14H,11H2,1-3H3,(H,20,21)(H,22,23). The number of amides is 1. The first-order valence-electron chi connectivity index (χ1n) is 7.85. The largest absolute Gasteiger partial charge is 0.478 e. The van der Waals surface area contributed by atoms with E-state index in [-0.39, 0.29) is 17.2 Å². The Kier molecular flexibility index (Phi) is 6.09. The molecule has 0 aliphatic heterocycles. The molecule has 0 bridgehead atoms. The number of carboxylic acid groups (broad SMARTS) is 1. The van der Waals surface area contributed by atoms with Crippen molar-refractivity contribution in [3.63, 3.8) is 0 Å². The van der Waals surface area contributed by atoms with Gasteiger partial charge >= 0.3 is 5.97 Å². The molecular weight excluding hydrogens is 338 g/mol. The van der Waals surface area contributed by atoms with Crippen LogP contribution in [0.25, 0.3) is 0 Å². The van der Waals surface area contributed by atoms with Crippen LogP contribution in [0.3, 0.4) is 0 Å².